The molecule has 0 radical (unpaired) electrons. The average Bonchev–Trinajstić information content (AvgIpc) is 2.59. The largest absolute Gasteiger partial charge is 0.462 e. The Morgan fingerprint density at radius 2 is 1.54 bits per heavy atom. The molecule has 0 amide bonds. The molecule has 0 aromatic rings. The number of esters is 2. The number of carbonyl (C=O) groups excluding carboxylic acids is 2. The maximum atomic E-state index is 11.9. The van der Waals surface area contributed by atoms with Gasteiger partial charge in [-0.25, -0.2) is 0 Å². The van der Waals surface area contributed by atoms with Crippen molar-refractivity contribution in [2.45, 2.75) is 85.5 Å². The second kappa shape index (κ2) is 18.6. The number of rotatable bonds is 13. The first-order valence-corrected chi connectivity index (χ1v) is 9.64. The van der Waals surface area contributed by atoms with Gasteiger partial charge in [-0.05, 0) is 33.6 Å². The van der Waals surface area contributed by atoms with E-state index < -0.39 is 30.8 Å². The molecule has 0 aliphatic rings. The second-order valence-electron chi connectivity index (χ2n) is 5.94. The third-order valence-corrected chi connectivity index (χ3v) is 3.52. The molecule has 0 aromatic heterocycles. The van der Waals surface area contributed by atoms with Gasteiger partial charge in [-0.2, -0.15) is 0 Å². The fraction of sp³-hybridized carbons (Fsp3) is 0.895. The zero-order chi connectivity index (χ0) is 20.4. The van der Waals surface area contributed by atoms with Crippen molar-refractivity contribution in [3.63, 3.8) is 0 Å². The van der Waals surface area contributed by atoms with Gasteiger partial charge in [-0.15, -0.1) is 0 Å². The Bertz CT molecular complexity index is 345. The highest BCUT2D eigenvalue weighted by Crippen LogP contribution is 2.13. The predicted molar refractivity (Wildman–Crippen MR) is 99.4 cm³/mol. The van der Waals surface area contributed by atoms with Crippen LogP contribution in [0.3, 0.4) is 0 Å². The molecular weight excluding hydrogens is 340 g/mol. The highest BCUT2D eigenvalue weighted by molar-refractivity contribution is 5.74. The molecule has 0 saturated heterocycles. The van der Waals surface area contributed by atoms with Gasteiger partial charge in [-0.1, -0.05) is 33.1 Å². The van der Waals surface area contributed by atoms with Crippen molar-refractivity contribution in [1.82, 2.24) is 0 Å². The Hall–Kier alpha value is -1.18. The van der Waals surface area contributed by atoms with E-state index in [1.807, 2.05) is 27.7 Å². The Kier molecular flexibility index (Phi) is 19.4. The second-order valence-corrected chi connectivity index (χ2v) is 5.94. The zero-order valence-electron chi connectivity index (χ0n) is 17.0. The molecule has 0 aliphatic heterocycles. The maximum Gasteiger partial charge on any atom is 0.317 e. The Balaban J connectivity index is 0. The molecule has 2 N–H and O–H groups in total. The van der Waals surface area contributed by atoms with Crippen molar-refractivity contribution in [3.8, 4) is 0 Å². The quantitative estimate of drug-likeness (QED) is 0.375. The van der Waals surface area contributed by atoms with Crippen LogP contribution < -0.4 is 0 Å². The smallest absolute Gasteiger partial charge is 0.317 e. The van der Waals surface area contributed by atoms with Crippen LogP contribution in [0.1, 0.15) is 73.1 Å². The molecule has 3 unspecified atom stereocenters. The van der Waals surface area contributed by atoms with E-state index in [1.54, 1.807) is 6.92 Å². The summed E-state index contributed by atoms with van der Waals surface area (Å²) in [4.78, 5) is 23.3. The fourth-order valence-electron chi connectivity index (χ4n) is 1.92. The molecule has 0 fully saturated rings. The predicted octanol–water partition coefficient (Wildman–Crippen LogP) is 2.81. The summed E-state index contributed by atoms with van der Waals surface area (Å²) in [5.74, 6) is -2.61. The van der Waals surface area contributed by atoms with Gasteiger partial charge < -0.3 is 24.4 Å². The molecule has 0 bridgehead atoms. The van der Waals surface area contributed by atoms with E-state index in [1.165, 1.54) is 0 Å². The van der Waals surface area contributed by atoms with Gasteiger partial charge in [0.2, 0.25) is 6.29 Å². The number of unbranched alkanes of at least 4 members (excludes halogenated alkanes) is 2. The summed E-state index contributed by atoms with van der Waals surface area (Å²) >= 11 is 0. The van der Waals surface area contributed by atoms with Crippen molar-refractivity contribution < 1.29 is 34.0 Å². The van der Waals surface area contributed by atoms with Gasteiger partial charge in [0.05, 0.1) is 12.7 Å². The van der Waals surface area contributed by atoms with E-state index in [0.717, 1.165) is 32.5 Å². The SMILES string of the molecule is CCCCC(=O)OC(O)C(CO)C(=O)OC(C)CCCC.CCOCC. The van der Waals surface area contributed by atoms with Crippen LogP contribution in [0, 0.1) is 5.92 Å². The molecule has 0 rings (SSSR count). The first-order chi connectivity index (χ1) is 12.4. The van der Waals surface area contributed by atoms with Gasteiger partial charge in [0.25, 0.3) is 0 Å². The summed E-state index contributed by atoms with van der Waals surface area (Å²) in [5.41, 5.74) is 0. The summed E-state index contributed by atoms with van der Waals surface area (Å²) in [6.45, 7) is 10.7. The standard InChI is InChI=1S/C15H28O6.C4H10O/c1-4-6-8-11(3)20-14(18)12(10-16)15(19)21-13(17)9-7-5-2;1-3-5-4-2/h11-12,15-16,19H,4-10H2,1-3H3;3-4H2,1-2H3. The van der Waals surface area contributed by atoms with E-state index >= 15 is 0 Å². The molecule has 7 nitrogen and oxygen atoms in total. The lowest BCUT2D eigenvalue weighted by Crippen LogP contribution is -2.37. The van der Waals surface area contributed by atoms with Crippen molar-refractivity contribution in [3.05, 3.63) is 0 Å². The Labute approximate surface area is 158 Å². The number of aliphatic hydroxyl groups excluding tert-OH is 2. The number of carbonyl (C=O) groups is 2. The highest BCUT2D eigenvalue weighted by Gasteiger charge is 2.31. The van der Waals surface area contributed by atoms with Gasteiger partial charge >= 0.3 is 11.9 Å². The molecule has 7 heteroatoms. The molecule has 0 aromatic carbocycles. The maximum absolute atomic E-state index is 11.9. The monoisotopic (exact) mass is 378 g/mol. The fourth-order valence-corrected chi connectivity index (χ4v) is 1.92. The molecule has 0 spiro atoms. The molecule has 0 aliphatic carbocycles. The van der Waals surface area contributed by atoms with Crippen LogP contribution in [0.25, 0.3) is 0 Å². The summed E-state index contributed by atoms with van der Waals surface area (Å²) < 4.78 is 14.7. The van der Waals surface area contributed by atoms with Gasteiger partial charge in [-0.3, -0.25) is 9.59 Å². The first-order valence-electron chi connectivity index (χ1n) is 9.64. The Morgan fingerprint density at radius 3 is 1.96 bits per heavy atom. The first kappa shape index (κ1) is 27.0. The Morgan fingerprint density at radius 1 is 0.962 bits per heavy atom. The van der Waals surface area contributed by atoms with Crippen LogP contribution in [0.2, 0.25) is 0 Å². The van der Waals surface area contributed by atoms with Crippen molar-refractivity contribution >= 4 is 11.9 Å². The third-order valence-electron chi connectivity index (χ3n) is 3.52. The number of ether oxygens (including phenoxy) is 3. The van der Waals surface area contributed by atoms with E-state index in [-0.39, 0.29) is 12.5 Å². The van der Waals surface area contributed by atoms with Crippen molar-refractivity contribution in [2.75, 3.05) is 19.8 Å². The zero-order valence-corrected chi connectivity index (χ0v) is 17.0. The van der Waals surface area contributed by atoms with E-state index in [4.69, 9.17) is 14.2 Å². The van der Waals surface area contributed by atoms with Crippen LogP contribution in [-0.2, 0) is 23.8 Å². The number of hydrogen-bond acceptors (Lipinski definition) is 7. The molecule has 0 heterocycles. The molecular formula is C19H38O7. The minimum absolute atomic E-state index is 0.174. The van der Waals surface area contributed by atoms with Crippen LogP contribution in [0.4, 0.5) is 0 Å². The minimum atomic E-state index is -1.68. The molecule has 156 valence electrons. The van der Waals surface area contributed by atoms with E-state index in [0.29, 0.717) is 12.8 Å². The van der Waals surface area contributed by atoms with Gasteiger partial charge in [0.1, 0.15) is 5.92 Å². The third kappa shape index (κ3) is 15.1. The normalized spacial score (nSPS) is 13.8. The summed E-state index contributed by atoms with van der Waals surface area (Å²) in [6, 6.07) is 0. The van der Waals surface area contributed by atoms with E-state index in [2.05, 4.69) is 0 Å². The van der Waals surface area contributed by atoms with Crippen LogP contribution >= 0.6 is 0 Å². The van der Waals surface area contributed by atoms with Gasteiger partial charge in [0, 0.05) is 19.6 Å². The van der Waals surface area contributed by atoms with Crippen molar-refractivity contribution in [2.24, 2.45) is 5.92 Å². The molecule has 26 heavy (non-hydrogen) atoms. The van der Waals surface area contributed by atoms with E-state index in [9.17, 15) is 19.8 Å². The highest BCUT2D eigenvalue weighted by atomic mass is 16.6. The number of aliphatic hydroxyl groups is 2. The lowest BCUT2D eigenvalue weighted by Gasteiger charge is -2.22. The minimum Gasteiger partial charge on any atom is -0.462 e. The van der Waals surface area contributed by atoms with Crippen LogP contribution in [0.15, 0.2) is 0 Å². The van der Waals surface area contributed by atoms with Crippen LogP contribution in [0.5, 0.6) is 0 Å². The lowest BCUT2D eigenvalue weighted by molar-refractivity contribution is -0.191. The summed E-state index contributed by atoms with van der Waals surface area (Å²) in [5, 5.41) is 18.9. The molecule has 3 atom stereocenters. The summed E-state index contributed by atoms with van der Waals surface area (Å²) in [6.07, 6.45) is 2.30. The number of hydrogen-bond donors (Lipinski definition) is 2. The topological polar surface area (TPSA) is 102 Å². The van der Waals surface area contributed by atoms with Crippen LogP contribution in [-0.4, -0.2) is 54.4 Å². The van der Waals surface area contributed by atoms with Gasteiger partial charge in [0.15, 0.2) is 0 Å². The lowest BCUT2D eigenvalue weighted by atomic mass is 10.1. The van der Waals surface area contributed by atoms with Crippen molar-refractivity contribution in [1.29, 1.82) is 0 Å². The summed E-state index contributed by atoms with van der Waals surface area (Å²) in [7, 11) is 0. The average molecular weight is 379 g/mol. The molecule has 0 saturated carbocycles.